The molecule has 0 atom stereocenters. The standard InChI is InChI=1S/C15H23ClN2/c1-11(2)13-5-7-18(8-6-13)10-12-3-4-14(16)15(17)9-12/h3-4,9,11,13H,5-8,10,17H2,1-2H3. The quantitative estimate of drug-likeness (QED) is 0.844. The van der Waals surface area contributed by atoms with Crippen LogP contribution in [-0.4, -0.2) is 18.0 Å². The molecule has 0 amide bonds. The topological polar surface area (TPSA) is 29.3 Å². The monoisotopic (exact) mass is 266 g/mol. The van der Waals surface area contributed by atoms with E-state index in [2.05, 4.69) is 24.8 Å². The Morgan fingerprint density at radius 3 is 2.56 bits per heavy atom. The molecule has 1 aliphatic rings. The lowest BCUT2D eigenvalue weighted by Gasteiger charge is -2.33. The summed E-state index contributed by atoms with van der Waals surface area (Å²) in [6.07, 6.45) is 2.64. The van der Waals surface area contributed by atoms with Crippen molar-refractivity contribution in [3.05, 3.63) is 28.8 Å². The number of anilines is 1. The maximum absolute atomic E-state index is 5.94. The highest BCUT2D eigenvalue weighted by Crippen LogP contribution is 2.26. The molecule has 0 unspecified atom stereocenters. The maximum atomic E-state index is 5.94. The summed E-state index contributed by atoms with van der Waals surface area (Å²) in [5, 5.41) is 0.650. The third-order valence-corrected chi connectivity index (χ3v) is 4.39. The van der Waals surface area contributed by atoms with Gasteiger partial charge < -0.3 is 5.73 Å². The van der Waals surface area contributed by atoms with Crippen molar-refractivity contribution in [2.24, 2.45) is 11.8 Å². The maximum Gasteiger partial charge on any atom is 0.0635 e. The molecule has 1 aromatic carbocycles. The molecule has 100 valence electrons. The van der Waals surface area contributed by atoms with Gasteiger partial charge in [-0.05, 0) is 55.5 Å². The zero-order valence-electron chi connectivity index (χ0n) is 11.3. The van der Waals surface area contributed by atoms with E-state index in [4.69, 9.17) is 17.3 Å². The lowest BCUT2D eigenvalue weighted by Crippen LogP contribution is -2.34. The molecule has 1 fully saturated rings. The minimum absolute atomic E-state index is 0.650. The van der Waals surface area contributed by atoms with Crippen LogP contribution in [0.25, 0.3) is 0 Å². The van der Waals surface area contributed by atoms with Crippen molar-refractivity contribution in [1.82, 2.24) is 4.90 Å². The van der Waals surface area contributed by atoms with Crippen LogP contribution >= 0.6 is 11.6 Å². The molecule has 2 nitrogen and oxygen atoms in total. The van der Waals surface area contributed by atoms with Crippen molar-refractivity contribution in [2.45, 2.75) is 33.2 Å². The third kappa shape index (κ3) is 3.39. The predicted octanol–water partition coefficient (Wildman–Crippen LogP) is 3.79. The molecule has 0 aromatic heterocycles. The van der Waals surface area contributed by atoms with Gasteiger partial charge in [0.25, 0.3) is 0 Å². The second kappa shape index (κ2) is 5.94. The second-order valence-electron chi connectivity index (χ2n) is 5.71. The Morgan fingerprint density at radius 1 is 1.33 bits per heavy atom. The fourth-order valence-electron chi connectivity index (χ4n) is 2.73. The van der Waals surface area contributed by atoms with E-state index in [0.29, 0.717) is 10.7 Å². The molecule has 18 heavy (non-hydrogen) atoms. The number of piperidine rings is 1. The lowest BCUT2D eigenvalue weighted by molar-refractivity contribution is 0.152. The molecule has 1 saturated heterocycles. The lowest BCUT2D eigenvalue weighted by atomic mass is 9.86. The fourth-order valence-corrected chi connectivity index (χ4v) is 2.85. The molecule has 0 spiro atoms. The molecule has 1 aromatic rings. The molecule has 1 aliphatic heterocycles. The average molecular weight is 267 g/mol. The molecule has 0 aliphatic carbocycles. The molecule has 3 heteroatoms. The van der Waals surface area contributed by atoms with Gasteiger partial charge in [-0.1, -0.05) is 31.5 Å². The van der Waals surface area contributed by atoms with Crippen LogP contribution in [0.2, 0.25) is 5.02 Å². The van der Waals surface area contributed by atoms with E-state index >= 15 is 0 Å². The van der Waals surface area contributed by atoms with Gasteiger partial charge >= 0.3 is 0 Å². The summed E-state index contributed by atoms with van der Waals surface area (Å²) in [6.45, 7) is 8.06. The van der Waals surface area contributed by atoms with Crippen molar-refractivity contribution < 1.29 is 0 Å². The molecule has 0 saturated carbocycles. The van der Waals surface area contributed by atoms with Gasteiger partial charge in [-0.15, -0.1) is 0 Å². The van der Waals surface area contributed by atoms with E-state index in [1.165, 1.54) is 31.5 Å². The van der Waals surface area contributed by atoms with Gasteiger partial charge in [0.15, 0.2) is 0 Å². The summed E-state index contributed by atoms with van der Waals surface area (Å²) < 4.78 is 0. The van der Waals surface area contributed by atoms with E-state index in [1.807, 2.05) is 12.1 Å². The van der Waals surface area contributed by atoms with Gasteiger partial charge in [0.1, 0.15) is 0 Å². The van der Waals surface area contributed by atoms with Gasteiger partial charge in [0.05, 0.1) is 10.7 Å². The molecular weight excluding hydrogens is 244 g/mol. The van der Waals surface area contributed by atoms with E-state index < -0.39 is 0 Å². The Hall–Kier alpha value is -0.730. The Bertz CT molecular complexity index is 395. The summed E-state index contributed by atoms with van der Waals surface area (Å²) in [4.78, 5) is 2.52. The van der Waals surface area contributed by atoms with Crippen LogP contribution in [0.3, 0.4) is 0 Å². The Balaban J connectivity index is 1.89. The van der Waals surface area contributed by atoms with E-state index in [9.17, 15) is 0 Å². The first-order valence-electron chi connectivity index (χ1n) is 6.82. The number of nitrogens with zero attached hydrogens (tertiary/aromatic N) is 1. The second-order valence-corrected chi connectivity index (χ2v) is 6.12. The Morgan fingerprint density at radius 2 is 2.00 bits per heavy atom. The number of hydrogen-bond acceptors (Lipinski definition) is 2. The van der Waals surface area contributed by atoms with Crippen molar-refractivity contribution in [3.63, 3.8) is 0 Å². The predicted molar refractivity (Wildman–Crippen MR) is 78.7 cm³/mol. The number of likely N-dealkylation sites (tertiary alicyclic amines) is 1. The molecular formula is C15H23ClN2. The number of halogens is 1. The zero-order chi connectivity index (χ0) is 13.1. The highest BCUT2D eigenvalue weighted by molar-refractivity contribution is 6.33. The van der Waals surface area contributed by atoms with Gasteiger partial charge in [0.2, 0.25) is 0 Å². The number of hydrogen-bond donors (Lipinski definition) is 1. The van der Waals surface area contributed by atoms with Gasteiger partial charge in [-0.2, -0.15) is 0 Å². The van der Waals surface area contributed by atoms with Gasteiger partial charge in [0, 0.05) is 6.54 Å². The van der Waals surface area contributed by atoms with Gasteiger partial charge in [-0.25, -0.2) is 0 Å². The van der Waals surface area contributed by atoms with Crippen LogP contribution in [0.15, 0.2) is 18.2 Å². The first-order chi connectivity index (χ1) is 8.56. The first-order valence-corrected chi connectivity index (χ1v) is 7.20. The highest BCUT2D eigenvalue weighted by atomic mass is 35.5. The number of nitrogens with two attached hydrogens (primary N) is 1. The van der Waals surface area contributed by atoms with Crippen LogP contribution in [0.5, 0.6) is 0 Å². The summed E-state index contributed by atoms with van der Waals surface area (Å²) in [7, 11) is 0. The smallest absolute Gasteiger partial charge is 0.0635 e. The summed E-state index contributed by atoms with van der Waals surface area (Å²) in [6, 6.07) is 5.97. The minimum atomic E-state index is 0.650. The van der Waals surface area contributed by atoms with Crippen LogP contribution in [0.4, 0.5) is 5.69 Å². The normalized spacial score (nSPS) is 18.4. The van der Waals surface area contributed by atoms with Crippen LogP contribution in [-0.2, 0) is 6.54 Å². The Kier molecular flexibility index (Phi) is 4.52. The molecule has 2 rings (SSSR count). The molecule has 1 heterocycles. The zero-order valence-corrected chi connectivity index (χ0v) is 12.1. The molecule has 0 bridgehead atoms. The highest BCUT2D eigenvalue weighted by Gasteiger charge is 2.21. The minimum Gasteiger partial charge on any atom is -0.398 e. The van der Waals surface area contributed by atoms with E-state index in [-0.39, 0.29) is 0 Å². The SMILES string of the molecule is CC(C)C1CCN(Cc2ccc(Cl)c(N)c2)CC1. The van der Waals surface area contributed by atoms with E-state index in [1.54, 1.807) is 0 Å². The summed E-state index contributed by atoms with van der Waals surface area (Å²) >= 11 is 5.94. The van der Waals surface area contributed by atoms with Crippen molar-refractivity contribution >= 4 is 17.3 Å². The average Bonchev–Trinajstić information content (AvgIpc) is 2.34. The van der Waals surface area contributed by atoms with Crippen molar-refractivity contribution in [3.8, 4) is 0 Å². The van der Waals surface area contributed by atoms with Gasteiger partial charge in [-0.3, -0.25) is 4.90 Å². The largest absolute Gasteiger partial charge is 0.398 e. The van der Waals surface area contributed by atoms with Crippen molar-refractivity contribution in [1.29, 1.82) is 0 Å². The molecule has 2 N–H and O–H groups in total. The number of nitrogen functional groups attached to an aromatic ring is 1. The number of rotatable bonds is 3. The van der Waals surface area contributed by atoms with Crippen LogP contribution in [0.1, 0.15) is 32.3 Å². The third-order valence-electron chi connectivity index (χ3n) is 4.04. The first kappa shape index (κ1) is 13.7. The Labute approximate surface area is 115 Å². The fraction of sp³-hybridized carbons (Fsp3) is 0.600. The summed E-state index contributed by atoms with van der Waals surface area (Å²) in [5.41, 5.74) is 7.79. The van der Waals surface area contributed by atoms with Crippen LogP contribution in [0, 0.1) is 11.8 Å². The van der Waals surface area contributed by atoms with Crippen LogP contribution < -0.4 is 5.73 Å². The number of benzene rings is 1. The summed E-state index contributed by atoms with van der Waals surface area (Å²) in [5.74, 6) is 1.72. The van der Waals surface area contributed by atoms with Crippen molar-refractivity contribution in [2.75, 3.05) is 18.8 Å². The molecule has 0 radical (unpaired) electrons. The van der Waals surface area contributed by atoms with E-state index in [0.717, 1.165) is 18.4 Å².